The fraction of sp³-hybridized carbons (Fsp3) is 0.750. The van der Waals surface area contributed by atoms with Crippen molar-refractivity contribution >= 4 is 0 Å². The fourth-order valence-corrected chi connectivity index (χ4v) is 1.97. The second-order valence-electron chi connectivity index (χ2n) is 4.11. The molecule has 0 radical (unpaired) electrons. The molecule has 0 bridgehead atoms. The van der Waals surface area contributed by atoms with Crippen LogP contribution in [-0.2, 0) is 6.42 Å². The number of unbranched alkanes of at least 4 members (excludes halogenated alkanes) is 1. The van der Waals surface area contributed by atoms with Crippen molar-refractivity contribution in [2.75, 3.05) is 0 Å². The van der Waals surface area contributed by atoms with Crippen LogP contribution in [0.2, 0.25) is 0 Å². The van der Waals surface area contributed by atoms with Gasteiger partial charge >= 0.3 is 0 Å². The Balaban J connectivity index is 2.34. The van der Waals surface area contributed by atoms with E-state index in [1.54, 1.807) is 0 Å². The van der Waals surface area contributed by atoms with Crippen LogP contribution in [0.1, 0.15) is 51.5 Å². The average Bonchev–Trinajstić information content (AvgIpc) is 2.67. The van der Waals surface area contributed by atoms with Gasteiger partial charge in [-0.25, -0.2) is 0 Å². The van der Waals surface area contributed by atoms with Crippen LogP contribution >= 0.6 is 0 Å². The second-order valence-corrected chi connectivity index (χ2v) is 4.11. The summed E-state index contributed by atoms with van der Waals surface area (Å²) in [5, 5.41) is 6.87. The third-order valence-electron chi connectivity index (χ3n) is 2.74. The van der Waals surface area contributed by atoms with Gasteiger partial charge in [-0.1, -0.05) is 46.0 Å². The maximum atomic E-state index is 3.99. The van der Waals surface area contributed by atoms with Crippen LogP contribution in [0.15, 0.2) is 12.4 Å². The molecule has 2 nitrogen and oxygen atoms in total. The SMILES string of the molecule is CCCCC(CCC)Cc1cn[nH]c1. The number of rotatable bonds is 7. The van der Waals surface area contributed by atoms with E-state index in [1.807, 2.05) is 12.4 Å². The summed E-state index contributed by atoms with van der Waals surface area (Å²) in [7, 11) is 0. The number of H-pyrrole nitrogens is 1. The molecule has 1 aromatic rings. The van der Waals surface area contributed by atoms with Gasteiger partial charge in [0.1, 0.15) is 0 Å². The summed E-state index contributed by atoms with van der Waals surface area (Å²) in [6.45, 7) is 4.54. The van der Waals surface area contributed by atoms with Crippen molar-refractivity contribution in [1.29, 1.82) is 0 Å². The molecule has 2 heteroatoms. The zero-order chi connectivity index (χ0) is 10.2. The molecule has 1 N–H and O–H groups in total. The van der Waals surface area contributed by atoms with Gasteiger partial charge in [-0.2, -0.15) is 5.10 Å². The van der Waals surface area contributed by atoms with Crippen molar-refractivity contribution < 1.29 is 0 Å². The Hall–Kier alpha value is -0.790. The summed E-state index contributed by atoms with van der Waals surface area (Å²) in [5.74, 6) is 0.859. The van der Waals surface area contributed by atoms with E-state index in [0.29, 0.717) is 0 Å². The molecule has 0 aliphatic rings. The lowest BCUT2D eigenvalue weighted by atomic mass is 9.91. The highest BCUT2D eigenvalue weighted by Crippen LogP contribution is 2.19. The molecule has 0 aliphatic heterocycles. The summed E-state index contributed by atoms with van der Waals surface area (Å²) in [4.78, 5) is 0. The minimum Gasteiger partial charge on any atom is -0.285 e. The Labute approximate surface area is 87.1 Å². The van der Waals surface area contributed by atoms with E-state index in [2.05, 4.69) is 24.0 Å². The van der Waals surface area contributed by atoms with Gasteiger partial charge < -0.3 is 0 Å². The van der Waals surface area contributed by atoms with Crippen LogP contribution in [0.4, 0.5) is 0 Å². The van der Waals surface area contributed by atoms with Gasteiger partial charge in [0, 0.05) is 6.20 Å². The van der Waals surface area contributed by atoms with Crippen molar-refractivity contribution in [3.05, 3.63) is 18.0 Å². The smallest absolute Gasteiger partial charge is 0.0519 e. The lowest BCUT2D eigenvalue weighted by Crippen LogP contribution is -2.03. The molecular formula is C12H22N2. The van der Waals surface area contributed by atoms with Gasteiger partial charge in [0.05, 0.1) is 6.20 Å². The molecule has 1 aromatic heterocycles. The van der Waals surface area contributed by atoms with Gasteiger partial charge in [0.2, 0.25) is 0 Å². The van der Waals surface area contributed by atoms with Crippen LogP contribution in [0.5, 0.6) is 0 Å². The van der Waals surface area contributed by atoms with Crippen molar-refractivity contribution in [1.82, 2.24) is 10.2 Å². The van der Waals surface area contributed by atoms with E-state index < -0.39 is 0 Å². The lowest BCUT2D eigenvalue weighted by Gasteiger charge is -2.14. The zero-order valence-electron chi connectivity index (χ0n) is 9.42. The van der Waals surface area contributed by atoms with E-state index in [1.165, 1.54) is 44.1 Å². The maximum absolute atomic E-state index is 3.99. The highest BCUT2D eigenvalue weighted by Gasteiger charge is 2.08. The Morgan fingerprint density at radius 3 is 2.71 bits per heavy atom. The third-order valence-corrected chi connectivity index (χ3v) is 2.74. The minimum absolute atomic E-state index is 0.859. The Bertz CT molecular complexity index is 216. The maximum Gasteiger partial charge on any atom is 0.0519 e. The number of aromatic nitrogens is 2. The lowest BCUT2D eigenvalue weighted by molar-refractivity contribution is 0.427. The molecule has 14 heavy (non-hydrogen) atoms. The van der Waals surface area contributed by atoms with Crippen LogP contribution in [0, 0.1) is 5.92 Å². The summed E-state index contributed by atoms with van der Waals surface area (Å²) in [5.41, 5.74) is 1.36. The number of aromatic amines is 1. The van der Waals surface area contributed by atoms with Gasteiger partial charge in [-0.15, -0.1) is 0 Å². The molecule has 1 heterocycles. The van der Waals surface area contributed by atoms with Gasteiger partial charge in [0.15, 0.2) is 0 Å². The molecule has 1 unspecified atom stereocenters. The molecule has 0 spiro atoms. The molecular weight excluding hydrogens is 172 g/mol. The Morgan fingerprint density at radius 1 is 1.29 bits per heavy atom. The van der Waals surface area contributed by atoms with E-state index >= 15 is 0 Å². The van der Waals surface area contributed by atoms with Crippen LogP contribution in [0.3, 0.4) is 0 Å². The predicted molar refractivity (Wildman–Crippen MR) is 60.2 cm³/mol. The van der Waals surface area contributed by atoms with Crippen molar-refractivity contribution in [2.24, 2.45) is 5.92 Å². The summed E-state index contributed by atoms with van der Waals surface area (Å²) in [6, 6.07) is 0. The monoisotopic (exact) mass is 194 g/mol. The topological polar surface area (TPSA) is 28.7 Å². The number of nitrogens with one attached hydrogen (secondary N) is 1. The molecule has 0 amide bonds. The molecule has 0 fully saturated rings. The normalized spacial score (nSPS) is 13.0. The first-order valence-electron chi connectivity index (χ1n) is 5.84. The quantitative estimate of drug-likeness (QED) is 0.706. The van der Waals surface area contributed by atoms with Gasteiger partial charge in [-0.3, -0.25) is 5.10 Å². The third kappa shape index (κ3) is 3.95. The molecule has 0 aromatic carbocycles. The van der Waals surface area contributed by atoms with Crippen LogP contribution < -0.4 is 0 Å². The fourth-order valence-electron chi connectivity index (χ4n) is 1.97. The number of hydrogen-bond acceptors (Lipinski definition) is 1. The van der Waals surface area contributed by atoms with Crippen molar-refractivity contribution in [3.8, 4) is 0 Å². The second kappa shape index (κ2) is 6.63. The Kier molecular flexibility index (Phi) is 5.35. The molecule has 1 atom stereocenters. The Morgan fingerprint density at radius 2 is 2.14 bits per heavy atom. The van der Waals surface area contributed by atoms with E-state index in [9.17, 15) is 0 Å². The van der Waals surface area contributed by atoms with E-state index in [4.69, 9.17) is 0 Å². The van der Waals surface area contributed by atoms with E-state index in [0.717, 1.165) is 5.92 Å². The summed E-state index contributed by atoms with van der Waals surface area (Å²) >= 11 is 0. The predicted octanol–water partition coefficient (Wildman–Crippen LogP) is 3.56. The van der Waals surface area contributed by atoms with Crippen LogP contribution in [0.25, 0.3) is 0 Å². The first-order valence-corrected chi connectivity index (χ1v) is 5.84. The first kappa shape index (κ1) is 11.3. The van der Waals surface area contributed by atoms with Gasteiger partial charge in [-0.05, 0) is 17.9 Å². The highest BCUT2D eigenvalue weighted by molar-refractivity contribution is 5.03. The molecule has 0 saturated carbocycles. The van der Waals surface area contributed by atoms with Crippen molar-refractivity contribution in [2.45, 2.75) is 52.4 Å². The van der Waals surface area contributed by atoms with Crippen molar-refractivity contribution in [3.63, 3.8) is 0 Å². The van der Waals surface area contributed by atoms with Gasteiger partial charge in [0.25, 0.3) is 0 Å². The summed E-state index contributed by atoms with van der Waals surface area (Å²) < 4.78 is 0. The van der Waals surface area contributed by atoms with Crippen LogP contribution in [-0.4, -0.2) is 10.2 Å². The number of nitrogens with zero attached hydrogens (tertiary/aromatic N) is 1. The molecule has 1 rings (SSSR count). The number of hydrogen-bond donors (Lipinski definition) is 1. The van der Waals surface area contributed by atoms with E-state index in [-0.39, 0.29) is 0 Å². The first-order chi connectivity index (χ1) is 6.86. The largest absolute Gasteiger partial charge is 0.285 e. The summed E-state index contributed by atoms with van der Waals surface area (Å²) in [6.07, 6.45) is 11.9. The highest BCUT2D eigenvalue weighted by atomic mass is 15.1. The standard InChI is InChI=1S/C12H22N2/c1-3-5-7-11(6-4-2)8-12-9-13-14-10-12/h9-11H,3-8H2,1-2H3,(H,13,14). The molecule has 0 saturated heterocycles. The minimum atomic E-state index is 0.859. The molecule has 80 valence electrons. The molecule has 0 aliphatic carbocycles. The average molecular weight is 194 g/mol. The zero-order valence-corrected chi connectivity index (χ0v) is 9.42.